The maximum absolute atomic E-state index is 13.8. The fourth-order valence-electron chi connectivity index (χ4n) is 4.85. The molecule has 3 aromatic heterocycles. The SMILES string of the molecule is Cc1cnncc1Cn1c(=O)c(C#Cc2ccc(Cl)cc2)cc2cnc(Nc3ccc(NC4CCNCC4)cc3)nc21. The molecule has 2 aromatic carbocycles. The van der Waals surface area contributed by atoms with Gasteiger partial charge in [-0.15, -0.1) is 0 Å². The number of nitrogens with zero attached hydrogens (tertiary/aromatic N) is 5. The first-order valence-corrected chi connectivity index (χ1v) is 14.2. The van der Waals surface area contributed by atoms with Gasteiger partial charge in [-0.05, 0) is 98.6 Å². The molecule has 1 aliphatic rings. The third-order valence-electron chi connectivity index (χ3n) is 7.23. The van der Waals surface area contributed by atoms with Gasteiger partial charge in [0.05, 0.1) is 24.5 Å². The summed E-state index contributed by atoms with van der Waals surface area (Å²) in [6.07, 6.45) is 7.27. The summed E-state index contributed by atoms with van der Waals surface area (Å²) in [4.78, 5) is 23.1. The van der Waals surface area contributed by atoms with Gasteiger partial charge in [0.15, 0.2) is 0 Å². The lowest BCUT2D eigenvalue weighted by Crippen LogP contribution is -2.35. The van der Waals surface area contributed by atoms with E-state index in [-0.39, 0.29) is 12.1 Å². The summed E-state index contributed by atoms with van der Waals surface area (Å²) in [6, 6.07) is 17.5. The molecule has 0 amide bonds. The maximum atomic E-state index is 13.8. The lowest BCUT2D eigenvalue weighted by molar-refractivity contribution is 0.479. The zero-order valence-corrected chi connectivity index (χ0v) is 23.8. The van der Waals surface area contributed by atoms with Gasteiger partial charge in [-0.3, -0.25) is 9.36 Å². The molecule has 9 nitrogen and oxygen atoms in total. The number of anilines is 3. The van der Waals surface area contributed by atoms with E-state index in [4.69, 9.17) is 16.6 Å². The topological polar surface area (TPSA) is 110 Å². The van der Waals surface area contributed by atoms with E-state index in [9.17, 15) is 4.79 Å². The lowest BCUT2D eigenvalue weighted by atomic mass is 10.1. The maximum Gasteiger partial charge on any atom is 0.268 e. The van der Waals surface area contributed by atoms with Crippen LogP contribution in [-0.2, 0) is 6.54 Å². The highest BCUT2D eigenvalue weighted by Crippen LogP contribution is 2.21. The second-order valence-electron chi connectivity index (χ2n) is 10.2. The van der Waals surface area contributed by atoms with Crippen LogP contribution in [0.1, 0.15) is 35.1 Å². The fraction of sp³-hybridized carbons (Fsp3) is 0.219. The van der Waals surface area contributed by atoms with E-state index in [0.29, 0.717) is 33.6 Å². The number of hydrogen-bond donors (Lipinski definition) is 3. The number of nitrogens with one attached hydrogen (secondary N) is 3. The van der Waals surface area contributed by atoms with Crippen molar-refractivity contribution in [2.75, 3.05) is 23.7 Å². The van der Waals surface area contributed by atoms with Crippen molar-refractivity contribution in [2.45, 2.75) is 32.4 Å². The zero-order valence-electron chi connectivity index (χ0n) is 23.1. The average Bonchev–Trinajstić information content (AvgIpc) is 3.01. The third-order valence-corrected chi connectivity index (χ3v) is 7.48. The molecule has 1 aliphatic heterocycles. The smallest absolute Gasteiger partial charge is 0.268 e. The molecule has 3 N–H and O–H groups in total. The molecule has 0 bridgehead atoms. The van der Waals surface area contributed by atoms with Gasteiger partial charge in [-0.1, -0.05) is 23.4 Å². The summed E-state index contributed by atoms with van der Waals surface area (Å²) in [5.74, 6) is 6.49. The van der Waals surface area contributed by atoms with Gasteiger partial charge in [0.1, 0.15) is 5.65 Å². The van der Waals surface area contributed by atoms with Crippen LogP contribution in [0.3, 0.4) is 0 Å². The van der Waals surface area contributed by atoms with E-state index < -0.39 is 0 Å². The van der Waals surface area contributed by atoms with Crippen LogP contribution in [0.25, 0.3) is 11.0 Å². The van der Waals surface area contributed by atoms with Crippen molar-refractivity contribution in [1.82, 2.24) is 30.0 Å². The highest BCUT2D eigenvalue weighted by Gasteiger charge is 2.14. The van der Waals surface area contributed by atoms with E-state index in [1.54, 1.807) is 41.4 Å². The van der Waals surface area contributed by atoms with Crippen LogP contribution in [0.2, 0.25) is 5.02 Å². The number of aryl methyl sites for hydroxylation is 1. The quantitative estimate of drug-likeness (QED) is 0.245. The first kappa shape index (κ1) is 27.4. The monoisotopic (exact) mass is 576 g/mol. The summed E-state index contributed by atoms with van der Waals surface area (Å²) in [7, 11) is 0. The van der Waals surface area contributed by atoms with Gasteiger partial charge >= 0.3 is 0 Å². The minimum Gasteiger partial charge on any atom is -0.382 e. The predicted octanol–water partition coefficient (Wildman–Crippen LogP) is 4.90. The van der Waals surface area contributed by atoms with Gasteiger partial charge in [-0.25, -0.2) is 4.98 Å². The minimum atomic E-state index is -0.252. The molecule has 1 fully saturated rings. The van der Waals surface area contributed by atoms with Crippen molar-refractivity contribution < 1.29 is 0 Å². The number of piperidine rings is 1. The standard InChI is InChI=1S/C32H29ClN8O/c1-21-17-36-37-19-25(21)20-41-30-24(16-23(31(41)42)5-2-22-3-6-26(33)7-4-22)18-35-32(40-30)39-28-10-8-27(9-11-28)38-29-12-14-34-15-13-29/h3-4,6-11,16-19,29,34,38H,12-15,20H2,1H3,(H,35,39,40). The van der Waals surface area contributed by atoms with Gasteiger partial charge in [0.2, 0.25) is 5.95 Å². The second kappa shape index (κ2) is 12.4. The van der Waals surface area contributed by atoms with Crippen molar-refractivity contribution in [1.29, 1.82) is 0 Å². The summed E-state index contributed by atoms with van der Waals surface area (Å²) in [6.45, 7) is 4.28. The Labute approximate surface area is 248 Å². The zero-order chi connectivity index (χ0) is 28.9. The van der Waals surface area contributed by atoms with Crippen LogP contribution in [0, 0.1) is 18.8 Å². The number of hydrogen-bond acceptors (Lipinski definition) is 8. The van der Waals surface area contributed by atoms with Crippen LogP contribution in [0.4, 0.5) is 17.3 Å². The average molecular weight is 577 g/mol. The van der Waals surface area contributed by atoms with E-state index in [1.807, 2.05) is 43.3 Å². The van der Waals surface area contributed by atoms with Crippen LogP contribution < -0.4 is 21.5 Å². The molecular formula is C32H29ClN8O. The van der Waals surface area contributed by atoms with E-state index in [1.165, 1.54) is 0 Å². The molecule has 0 saturated carbocycles. The van der Waals surface area contributed by atoms with E-state index in [0.717, 1.165) is 54.0 Å². The van der Waals surface area contributed by atoms with Crippen molar-refractivity contribution in [3.05, 3.63) is 111 Å². The van der Waals surface area contributed by atoms with Crippen LogP contribution in [0.5, 0.6) is 0 Å². The highest BCUT2D eigenvalue weighted by molar-refractivity contribution is 6.30. The highest BCUT2D eigenvalue weighted by atomic mass is 35.5. The Morgan fingerprint density at radius 3 is 2.48 bits per heavy atom. The van der Waals surface area contributed by atoms with Gasteiger partial charge in [0.25, 0.3) is 5.56 Å². The largest absolute Gasteiger partial charge is 0.382 e. The van der Waals surface area contributed by atoms with Crippen LogP contribution in [0.15, 0.2) is 78.0 Å². The Balaban J connectivity index is 1.32. The van der Waals surface area contributed by atoms with Crippen LogP contribution in [-0.4, -0.2) is 43.9 Å². The Hall–Kier alpha value is -4.78. The molecule has 1 saturated heterocycles. The third kappa shape index (κ3) is 6.41. The Bertz CT molecular complexity index is 1840. The molecule has 0 aliphatic carbocycles. The molecule has 5 aromatic rings. The lowest BCUT2D eigenvalue weighted by Gasteiger charge is -2.24. The molecule has 0 spiro atoms. The number of rotatable bonds is 6. The van der Waals surface area contributed by atoms with Crippen molar-refractivity contribution in [2.24, 2.45) is 0 Å². The molecule has 4 heterocycles. The van der Waals surface area contributed by atoms with Crippen molar-refractivity contribution in [3.63, 3.8) is 0 Å². The number of halogens is 1. The summed E-state index contributed by atoms with van der Waals surface area (Å²) >= 11 is 6.00. The Morgan fingerprint density at radius 2 is 1.71 bits per heavy atom. The number of fused-ring (bicyclic) bond motifs is 1. The summed E-state index contributed by atoms with van der Waals surface area (Å²) in [5.41, 5.74) is 5.06. The molecular weight excluding hydrogens is 548 g/mol. The first-order chi connectivity index (χ1) is 20.5. The first-order valence-electron chi connectivity index (χ1n) is 13.8. The van der Waals surface area contributed by atoms with Crippen molar-refractivity contribution >= 4 is 40.0 Å². The van der Waals surface area contributed by atoms with Crippen LogP contribution >= 0.6 is 11.6 Å². The van der Waals surface area contributed by atoms with Gasteiger partial charge in [-0.2, -0.15) is 15.2 Å². The van der Waals surface area contributed by atoms with Gasteiger partial charge < -0.3 is 16.0 Å². The number of aromatic nitrogens is 5. The predicted molar refractivity (Wildman–Crippen MR) is 166 cm³/mol. The minimum absolute atomic E-state index is 0.252. The summed E-state index contributed by atoms with van der Waals surface area (Å²) in [5, 5.41) is 19.6. The molecule has 42 heavy (non-hydrogen) atoms. The molecule has 0 unspecified atom stereocenters. The van der Waals surface area contributed by atoms with E-state index >= 15 is 0 Å². The summed E-state index contributed by atoms with van der Waals surface area (Å²) < 4.78 is 1.62. The fourth-order valence-corrected chi connectivity index (χ4v) is 4.98. The normalized spacial score (nSPS) is 13.4. The Morgan fingerprint density at radius 1 is 0.976 bits per heavy atom. The molecule has 0 radical (unpaired) electrons. The molecule has 10 heteroatoms. The molecule has 6 rings (SSSR count). The Kier molecular flexibility index (Phi) is 8.08. The second-order valence-corrected chi connectivity index (χ2v) is 10.7. The van der Waals surface area contributed by atoms with E-state index in [2.05, 4.69) is 43.0 Å². The number of benzene rings is 2. The van der Waals surface area contributed by atoms with Gasteiger partial charge in [0, 0.05) is 39.6 Å². The van der Waals surface area contributed by atoms with Crippen molar-refractivity contribution in [3.8, 4) is 11.8 Å². The molecule has 210 valence electrons. The molecule has 0 atom stereocenters. The number of pyridine rings is 1.